The number of carbonyl (C=O) groups is 1. The summed E-state index contributed by atoms with van der Waals surface area (Å²) in [6.45, 7) is 0.934. The maximum Gasteiger partial charge on any atom is 0.266 e. The van der Waals surface area contributed by atoms with E-state index in [1.54, 1.807) is 14.2 Å². The molecule has 0 saturated heterocycles. The number of aliphatic hydroxyl groups is 1. The number of ether oxygens (including phenoxy) is 4. The van der Waals surface area contributed by atoms with E-state index < -0.39 is 5.54 Å². The first-order valence-electron chi connectivity index (χ1n) is 12.4. The van der Waals surface area contributed by atoms with Crippen molar-refractivity contribution < 1.29 is 28.8 Å². The lowest BCUT2D eigenvalue weighted by molar-refractivity contribution is -0.127. The highest BCUT2D eigenvalue weighted by molar-refractivity contribution is 6.00. The van der Waals surface area contributed by atoms with Crippen LogP contribution in [0.2, 0.25) is 0 Å². The molecule has 1 aliphatic rings. The standard InChI is InChI=1S/C29H33N3O6/c1-35-25-11-6-10-23(26(25)36-2)19-30-32-28(34)29(18-21-8-4-3-5-9-21)20-38-27(31-29)22-12-14-24(15-13-22)37-17-7-16-33/h3-6,8-15,30,33H,7,16-20H2,1-2H3,(H,32,34)/t29-/m0/s1. The molecule has 1 atom stereocenters. The summed E-state index contributed by atoms with van der Waals surface area (Å²) in [5.41, 5.74) is 7.22. The van der Waals surface area contributed by atoms with Crippen molar-refractivity contribution in [2.75, 3.05) is 34.0 Å². The highest BCUT2D eigenvalue weighted by Gasteiger charge is 2.44. The van der Waals surface area contributed by atoms with E-state index in [1.165, 1.54) is 0 Å². The van der Waals surface area contributed by atoms with Gasteiger partial charge in [0.25, 0.3) is 5.91 Å². The van der Waals surface area contributed by atoms with E-state index in [0.29, 0.717) is 49.1 Å². The number of hydrogen-bond donors (Lipinski definition) is 3. The molecule has 0 bridgehead atoms. The molecule has 0 fully saturated rings. The third-order valence-electron chi connectivity index (χ3n) is 6.16. The van der Waals surface area contributed by atoms with Crippen LogP contribution in [0.1, 0.15) is 23.1 Å². The first-order chi connectivity index (χ1) is 18.6. The van der Waals surface area contributed by atoms with E-state index >= 15 is 0 Å². The second-order valence-electron chi connectivity index (χ2n) is 8.81. The summed E-state index contributed by atoms with van der Waals surface area (Å²) >= 11 is 0. The van der Waals surface area contributed by atoms with E-state index in [2.05, 4.69) is 10.9 Å². The zero-order valence-electron chi connectivity index (χ0n) is 21.6. The van der Waals surface area contributed by atoms with Gasteiger partial charge in [-0.15, -0.1) is 0 Å². The van der Waals surface area contributed by atoms with Gasteiger partial charge in [0.1, 0.15) is 12.4 Å². The van der Waals surface area contributed by atoms with Crippen LogP contribution in [-0.2, 0) is 22.5 Å². The second kappa shape index (κ2) is 12.9. The first kappa shape index (κ1) is 27.0. The van der Waals surface area contributed by atoms with Gasteiger partial charge in [-0.1, -0.05) is 42.5 Å². The van der Waals surface area contributed by atoms with Gasteiger partial charge < -0.3 is 24.1 Å². The molecule has 9 heteroatoms. The molecule has 3 aromatic carbocycles. The van der Waals surface area contributed by atoms with Gasteiger partial charge in [0.15, 0.2) is 17.0 Å². The van der Waals surface area contributed by atoms with Crippen molar-refractivity contribution in [3.63, 3.8) is 0 Å². The Morgan fingerprint density at radius 2 is 1.82 bits per heavy atom. The van der Waals surface area contributed by atoms with Gasteiger partial charge in [-0.2, -0.15) is 0 Å². The molecule has 3 aromatic rings. The van der Waals surface area contributed by atoms with Gasteiger partial charge in [0.2, 0.25) is 5.90 Å². The van der Waals surface area contributed by atoms with Crippen molar-refractivity contribution in [3.05, 3.63) is 89.5 Å². The van der Waals surface area contributed by atoms with Gasteiger partial charge in [0.05, 0.1) is 20.8 Å². The fraction of sp³-hybridized carbons (Fsp3) is 0.310. The van der Waals surface area contributed by atoms with Gasteiger partial charge >= 0.3 is 0 Å². The number of methoxy groups -OCH3 is 2. The molecular formula is C29H33N3O6. The SMILES string of the molecule is COc1cccc(CNNC(=O)[C@]2(Cc3ccccc3)COC(c3ccc(OCCCO)cc3)=N2)c1OC. The lowest BCUT2D eigenvalue weighted by Crippen LogP contribution is -2.52. The van der Waals surface area contributed by atoms with E-state index in [1.807, 2.05) is 72.8 Å². The van der Waals surface area contributed by atoms with Crippen molar-refractivity contribution in [3.8, 4) is 17.2 Å². The number of carbonyl (C=O) groups excluding carboxylic acids is 1. The Kier molecular flexibility index (Phi) is 9.18. The summed E-state index contributed by atoms with van der Waals surface area (Å²) in [7, 11) is 3.16. The average molecular weight is 520 g/mol. The largest absolute Gasteiger partial charge is 0.494 e. The van der Waals surface area contributed by atoms with Crippen LogP contribution in [0.3, 0.4) is 0 Å². The molecule has 38 heavy (non-hydrogen) atoms. The van der Waals surface area contributed by atoms with Crippen molar-refractivity contribution >= 4 is 11.8 Å². The molecule has 200 valence electrons. The van der Waals surface area contributed by atoms with Crippen LogP contribution >= 0.6 is 0 Å². The average Bonchev–Trinajstić information content (AvgIpc) is 3.39. The summed E-state index contributed by atoms with van der Waals surface area (Å²) in [6, 6.07) is 22.6. The Morgan fingerprint density at radius 1 is 1.03 bits per heavy atom. The molecule has 0 unspecified atom stereocenters. The zero-order chi connectivity index (χ0) is 26.8. The van der Waals surface area contributed by atoms with E-state index in [9.17, 15) is 4.79 Å². The molecule has 0 saturated carbocycles. The molecule has 0 aliphatic carbocycles. The number of amides is 1. The number of para-hydroxylation sites is 1. The maximum absolute atomic E-state index is 13.6. The zero-order valence-corrected chi connectivity index (χ0v) is 21.6. The third kappa shape index (κ3) is 6.42. The summed E-state index contributed by atoms with van der Waals surface area (Å²) in [5, 5.41) is 8.93. The van der Waals surface area contributed by atoms with Gasteiger partial charge in [-0.25, -0.2) is 10.4 Å². The van der Waals surface area contributed by atoms with E-state index in [-0.39, 0.29) is 19.1 Å². The Labute approximate surface area is 222 Å². The third-order valence-corrected chi connectivity index (χ3v) is 6.16. The Balaban J connectivity index is 1.50. The monoisotopic (exact) mass is 519 g/mol. The Hall–Kier alpha value is -4.08. The molecule has 0 radical (unpaired) electrons. The predicted octanol–water partition coefficient (Wildman–Crippen LogP) is 3.04. The van der Waals surface area contributed by atoms with Crippen LogP contribution in [0.25, 0.3) is 0 Å². The number of nitrogens with zero attached hydrogens (tertiary/aromatic N) is 1. The number of aliphatic imine (C=N–C) groups is 1. The number of rotatable bonds is 13. The van der Waals surface area contributed by atoms with Crippen LogP contribution in [0.15, 0.2) is 77.8 Å². The van der Waals surface area contributed by atoms with Crippen LogP contribution in [0.5, 0.6) is 17.2 Å². The minimum atomic E-state index is -1.15. The molecule has 1 aliphatic heterocycles. The first-order valence-corrected chi connectivity index (χ1v) is 12.4. The van der Waals surface area contributed by atoms with Crippen molar-refractivity contribution in [1.82, 2.24) is 10.9 Å². The molecule has 0 aromatic heterocycles. The number of hydrogen-bond acceptors (Lipinski definition) is 8. The topological polar surface area (TPSA) is 111 Å². The Bertz CT molecular complexity index is 1230. The number of nitrogens with one attached hydrogen (secondary N) is 2. The summed E-state index contributed by atoms with van der Waals surface area (Å²) in [5.74, 6) is 1.99. The highest BCUT2D eigenvalue weighted by Crippen LogP contribution is 2.31. The van der Waals surface area contributed by atoms with Crippen LogP contribution < -0.4 is 25.1 Å². The van der Waals surface area contributed by atoms with Crippen LogP contribution in [-0.4, -0.2) is 56.5 Å². The lowest BCUT2D eigenvalue weighted by atomic mass is 9.91. The smallest absolute Gasteiger partial charge is 0.266 e. The minimum Gasteiger partial charge on any atom is -0.494 e. The summed E-state index contributed by atoms with van der Waals surface area (Å²) < 4.78 is 22.4. The predicted molar refractivity (Wildman–Crippen MR) is 144 cm³/mol. The van der Waals surface area contributed by atoms with E-state index in [4.69, 9.17) is 29.0 Å². The Morgan fingerprint density at radius 3 is 2.53 bits per heavy atom. The van der Waals surface area contributed by atoms with Crippen molar-refractivity contribution in [1.29, 1.82) is 0 Å². The molecule has 3 N–H and O–H groups in total. The van der Waals surface area contributed by atoms with Gasteiger partial charge in [0, 0.05) is 37.1 Å². The summed E-state index contributed by atoms with van der Waals surface area (Å²) in [6.07, 6.45) is 0.934. The fourth-order valence-corrected chi connectivity index (χ4v) is 4.19. The number of aliphatic hydroxyl groups excluding tert-OH is 1. The molecule has 4 rings (SSSR count). The second-order valence-corrected chi connectivity index (χ2v) is 8.81. The maximum atomic E-state index is 13.6. The van der Waals surface area contributed by atoms with Gasteiger partial charge in [-0.3, -0.25) is 10.2 Å². The van der Waals surface area contributed by atoms with E-state index in [0.717, 1.165) is 16.7 Å². The normalized spacial score (nSPS) is 16.3. The van der Waals surface area contributed by atoms with Crippen LogP contribution in [0, 0.1) is 0 Å². The molecule has 1 heterocycles. The van der Waals surface area contributed by atoms with Crippen molar-refractivity contribution in [2.24, 2.45) is 4.99 Å². The minimum absolute atomic E-state index is 0.0796. The highest BCUT2D eigenvalue weighted by atomic mass is 16.5. The fourth-order valence-electron chi connectivity index (χ4n) is 4.19. The molecule has 0 spiro atoms. The van der Waals surface area contributed by atoms with Crippen LogP contribution in [0.4, 0.5) is 0 Å². The number of benzene rings is 3. The molecule has 1 amide bonds. The molecular weight excluding hydrogens is 486 g/mol. The summed E-state index contributed by atoms with van der Waals surface area (Å²) in [4.78, 5) is 18.4. The lowest BCUT2D eigenvalue weighted by Gasteiger charge is -2.23. The number of hydrazine groups is 1. The van der Waals surface area contributed by atoms with Gasteiger partial charge in [-0.05, 0) is 35.9 Å². The molecule has 9 nitrogen and oxygen atoms in total. The quantitative estimate of drug-likeness (QED) is 0.235. The van der Waals surface area contributed by atoms with Crippen molar-refractivity contribution in [2.45, 2.75) is 24.9 Å².